The Morgan fingerprint density at radius 2 is 2.10 bits per heavy atom. The van der Waals surface area contributed by atoms with Gasteiger partial charge in [-0.25, -0.2) is 15.0 Å². The zero-order chi connectivity index (χ0) is 15.0. The van der Waals surface area contributed by atoms with E-state index in [1.807, 2.05) is 6.92 Å². The first-order chi connectivity index (χ1) is 10.2. The summed E-state index contributed by atoms with van der Waals surface area (Å²) in [6.45, 7) is 2.25. The minimum absolute atomic E-state index is 0.376. The number of anilines is 1. The van der Waals surface area contributed by atoms with Gasteiger partial charge in [-0.2, -0.15) is 0 Å². The van der Waals surface area contributed by atoms with Crippen LogP contribution in [0.4, 0.5) is 5.82 Å². The first-order valence-corrected chi connectivity index (χ1v) is 6.71. The van der Waals surface area contributed by atoms with Crippen molar-refractivity contribution in [2.45, 2.75) is 31.5 Å². The van der Waals surface area contributed by atoms with Gasteiger partial charge >= 0.3 is 0 Å². The Kier molecular flexibility index (Phi) is 3.72. The van der Waals surface area contributed by atoms with E-state index in [-0.39, 0.29) is 6.61 Å². The fourth-order valence-corrected chi connectivity index (χ4v) is 2.44. The smallest absolute Gasteiger partial charge is 0.167 e. The molecule has 9 nitrogen and oxygen atoms in total. The fraction of sp³-hybridized carbons (Fsp3) is 0.583. The second-order valence-electron chi connectivity index (χ2n) is 4.81. The largest absolute Gasteiger partial charge is 0.394 e. The van der Waals surface area contributed by atoms with E-state index < -0.39 is 24.5 Å². The van der Waals surface area contributed by atoms with Crippen LogP contribution in [0.1, 0.15) is 13.2 Å². The number of ether oxygens (including phenoxy) is 1. The molecule has 0 bridgehead atoms. The molecular weight excluding hydrogens is 278 g/mol. The van der Waals surface area contributed by atoms with E-state index >= 15 is 0 Å². The molecule has 0 aliphatic carbocycles. The number of hydrogen-bond acceptors (Lipinski definition) is 8. The van der Waals surface area contributed by atoms with Gasteiger partial charge in [0.25, 0.3) is 0 Å². The van der Waals surface area contributed by atoms with Gasteiger partial charge in [0.15, 0.2) is 23.2 Å². The molecule has 1 fully saturated rings. The molecule has 4 atom stereocenters. The summed E-state index contributed by atoms with van der Waals surface area (Å²) in [4.78, 5) is 12.5. The van der Waals surface area contributed by atoms with Crippen LogP contribution in [0, 0.1) is 0 Å². The average Bonchev–Trinajstić information content (AvgIpc) is 3.03. The van der Waals surface area contributed by atoms with Gasteiger partial charge in [-0.1, -0.05) is 0 Å². The third-order valence-electron chi connectivity index (χ3n) is 3.49. The van der Waals surface area contributed by atoms with Crippen LogP contribution in [-0.2, 0) is 4.74 Å². The first-order valence-electron chi connectivity index (χ1n) is 6.71. The van der Waals surface area contributed by atoms with Gasteiger partial charge in [-0.15, -0.1) is 0 Å². The van der Waals surface area contributed by atoms with E-state index in [9.17, 15) is 10.2 Å². The third kappa shape index (κ3) is 2.23. The van der Waals surface area contributed by atoms with E-state index in [0.717, 1.165) is 0 Å². The van der Waals surface area contributed by atoms with E-state index in [0.29, 0.717) is 23.5 Å². The highest BCUT2D eigenvalue weighted by Crippen LogP contribution is 2.31. The molecule has 1 aliphatic rings. The van der Waals surface area contributed by atoms with Crippen molar-refractivity contribution in [3.8, 4) is 0 Å². The molecule has 9 heteroatoms. The number of aliphatic hydroxyl groups excluding tert-OH is 3. The predicted molar refractivity (Wildman–Crippen MR) is 72.5 cm³/mol. The number of aromatic nitrogens is 4. The van der Waals surface area contributed by atoms with Crippen molar-refractivity contribution in [3.63, 3.8) is 0 Å². The molecule has 2 unspecified atom stereocenters. The molecule has 21 heavy (non-hydrogen) atoms. The summed E-state index contributed by atoms with van der Waals surface area (Å²) in [5.74, 6) is 0.591. The van der Waals surface area contributed by atoms with Crippen LogP contribution in [-0.4, -0.2) is 66.3 Å². The quantitative estimate of drug-likeness (QED) is 0.558. The topological polar surface area (TPSA) is 126 Å². The van der Waals surface area contributed by atoms with Crippen molar-refractivity contribution in [2.75, 3.05) is 18.5 Å². The van der Waals surface area contributed by atoms with Crippen LogP contribution in [0.3, 0.4) is 0 Å². The molecule has 2 aromatic heterocycles. The summed E-state index contributed by atoms with van der Waals surface area (Å²) in [6, 6.07) is 0. The number of hydrogen-bond donors (Lipinski definition) is 4. The van der Waals surface area contributed by atoms with Crippen LogP contribution in [0.5, 0.6) is 0 Å². The van der Waals surface area contributed by atoms with Crippen LogP contribution in [0.25, 0.3) is 11.2 Å². The minimum atomic E-state index is -1.17. The molecule has 0 radical (unpaired) electrons. The lowest BCUT2D eigenvalue weighted by Gasteiger charge is -2.16. The monoisotopic (exact) mass is 295 g/mol. The Bertz CT molecular complexity index is 633. The Balaban J connectivity index is 2.00. The number of aliphatic hydroxyl groups is 3. The number of nitrogens with zero attached hydrogens (tertiary/aromatic N) is 4. The highest BCUT2D eigenvalue weighted by molar-refractivity contribution is 5.82. The van der Waals surface area contributed by atoms with Crippen LogP contribution >= 0.6 is 0 Å². The van der Waals surface area contributed by atoms with E-state index in [1.165, 1.54) is 17.2 Å². The SMILES string of the molecule is CCNc1ncnc2c1ncn2[C@@H]1O[C@H](CO)C(O)C1O. The first kappa shape index (κ1) is 14.1. The van der Waals surface area contributed by atoms with Crippen molar-refractivity contribution in [2.24, 2.45) is 0 Å². The van der Waals surface area contributed by atoms with Gasteiger partial charge in [-0.05, 0) is 6.92 Å². The Hall–Kier alpha value is -1.81. The normalized spacial score (nSPS) is 29.1. The molecule has 4 N–H and O–H groups in total. The summed E-state index contributed by atoms with van der Waals surface area (Å²) >= 11 is 0. The second-order valence-corrected chi connectivity index (χ2v) is 4.81. The summed E-state index contributed by atoms with van der Waals surface area (Å²) in [6.07, 6.45) is -1.16. The van der Waals surface area contributed by atoms with Crippen molar-refractivity contribution in [3.05, 3.63) is 12.7 Å². The maximum absolute atomic E-state index is 10.1. The second kappa shape index (κ2) is 5.53. The molecule has 0 saturated carbocycles. The maximum atomic E-state index is 10.1. The zero-order valence-corrected chi connectivity index (χ0v) is 11.4. The number of imidazole rings is 1. The number of fused-ring (bicyclic) bond motifs is 1. The van der Waals surface area contributed by atoms with Crippen molar-refractivity contribution < 1.29 is 20.1 Å². The zero-order valence-electron chi connectivity index (χ0n) is 11.4. The van der Waals surface area contributed by atoms with Crippen molar-refractivity contribution in [1.82, 2.24) is 19.5 Å². The molecule has 114 valence electrons. The van der Waals surface area contributed by atoms with E-state index in [2.05, 4.69) is 20.3 Å². The van der Waals surface area contributed by atoms with Crippen molar-refractivity contribution in [1.29, 1.82) is 0 Å². The molecule has 1 saturated heterocycles. The van der Waals surface area contributed by atoms with Crippen molar-refractivity contribution >= 4 is 17.0 Å². The van der Waals surface area contributed by atoms with Gasteiger partial charge in [0, 0.05) is 6.54 Å². The number of nitrogens with one attached hydrogen (secondary N) is 1. The summed E-state index contributed by atoms with van der Waals surface area (Å²) in [5, 5.41) is 32.1. The van der Waals surface area contributed by atoms with Gasteiger partial charge in [0.2, 0.25) is 0 Å². The molecular formula is C12H17N5O4. The van der Waals surface area contributed by atoms with Gasteiger partial charge < -0.3 is 25.4 Å². The van der Waals surface area contributed by atoms with Crippen LogP contribution in [0.15, 0.2) is 12.7 Å². The lowest BCUT2D eigenvalue weighted by Crippen LogP contribution is -2.33. The Morgan fingerprint density at radius 1 is 1.29 bits per heavy atom. The fourth-order valence-electron chi connectivity index (χ4n) is 2.44. The molecule has 3 heterocycles. The van der Waals surface area contributed by atoms with E-state index in [4.69, 9.17) is 9.84 Å². The highest BCUT2D eigenvalue weighted by atomic mass is 16.6. The minimum Gasteiger partial charge on any atom is -0.394 e. The summed E-state index contributed by atoms with van der Waals surface area (Å²) in [5.41, 5.74) is 1.04. The lowest BCUT2D eigenvalue weighted by molar-refractivity contribution is -0.0511. The number of rotatable bonds is 4. The molecule has 0 amide bonds. The summed E-state index contributed by atoms with van der Waals surface area (Å²) < 4.78 is 7.01. The lowest BCUT2D eigenvalue weighted by atomic mass is 10.1. The molecule has 2 aromatic rings. The molecule has 3 rings (SSSR count). The van der Waals surface area contributed by atoms with Crippen LogP contribution < -0.4 is 5.32 Å². The summed E-state index contributed by atoms with van der Waals surface area (Å²) in [7, 11) is 0. The van der Waals surface area contributed by atoms with Gasteiger partial charge in [-0.3, -0.25) is 4.57 Å². The Morgan fingerprint density at radius 3 is 2.76 bits per heavy atom. The standard InChI is InChI=1S/C12H17N5O4/c1-2-13-10-7-11(15-4-14-10)17(5-16-7)12-9(20)8(19)6(3-18)21-12/h4-6,8-9,12,18-20H,2-3H2,1H3,(H,13,14,15)/t6-,8?,9?,12-/m1/s1. The predicted octanol–water partition coefficient (Wildman–Crippen LogP) is -1.13. The molecule has 0 spiro atoms. The Labute approximate surface area is 120 Å². The van der Waals surface area contributed by atoms with Gasteiger partial charge in [0.1, 0.15) is 24.6 Å². The molecule has 1 aliphatic heterocycles. The van der Waals surface area contributed by atoms with Crippen LogP contribution in [0.2, 0.25) is 0 Å². The average molecular weight is 295 g/mol. The third-order valence-corrected chi connectivity index (χ3v) is 3.49. The highest BCUT2D eigenvalue weighted by Gasteiger charge is 2.43. The maximum Gasteiger partial charge on any atom is 0.167 e. The molecule has 0 aromatic carbocycles. The van der Waals surface area contributed by atoms with Gasteiger partial charge in [0.05, 0.1) is 12.9 Å². The van der Waals surface area contributed by atoms with E-state index in [1.54, 1.807) is 0 Å².